The molecule has 1 aromatic heterocycles. The number of urea groups is 1. The molecule has 0 spiro atoms. The Hall–Kier alpha value is -2.25. The first-order valence-electron chi connectivity index (χ1n) is 3.26. The molecule has 1 aliphatic rings. The molecule has 13 heavy (non-hydrogen) atoms. The number of aliphatic imine (C=N–C) groups is 1. The zero-order chi connectivity index (χ0) is 9.42. The van der Waals surface area contributed by atoms with E-state index in [9.17, 15) is 14.4 Å². The Morgan fingerprint density at radius 1 is 1.15 bits per heavy atom. The van der Waals surface area contributed by atoms with E-state index < -0.39 is 17.6 Å². The van der Waals surface area contributed by atoms with Gasteiger partial charge >= 0.3 is 11.7 Å². The Labute approximate surface area is 70.1 Å². The Morgan fingerprint density at radius 2 is 1.92 bits per heavy atom. The number of carbonyl (C=O) groups excluding carboxylic acids is 2. The predicted octanol–water partition coefficient (Wildman–Crippen LogP) is -1.86. The summed E-state index contributed by atoms with van der Waals surface area (Å²) in [5.74, 6) is -0.721. The van der Waals surface area contributed by atoms with Gasteiger partial charge in [0.25, 0.3) is 5.91 Å². The fraction of sp³-hybridized carbons (Fsp3) is 0. The van der Waals surface area contributed by atoms with Crippen molar-refractivity contribution < 1.29 is 9.59 Å². The standard InChI is InChI=1S/C5H3N5O3/c11-3-1(6-4(12)8-3)2-7-5(13)10-9-2/h(H,8,11,12)(H2,7,9,10,13). The number of hydrogen-bond donors (Lipinski definition) is 3. The molecule has 0 unspecified atom stereocenters. The average Bonchev–Trinajstić information content (AvgIpc) is 2.58. The molecule has 3 N–H and O–H groups in total. The van der Waals surface area contributed by atoms with E-state index in [0.717, 1.165) is 0 Å². The monoisotopic (exact) mass is 181 g/mol. The lowest BCUT2D eigenvalue weighted by atomic mass is 10.3. The van der Waals surface area contributed by atoms with Crippen LogP contribution in [0, 0.1) is 0 Å². The van der Waals surface area contributed by atoms with Gasteiger partial charge in [-0.1, -0.05) is 0 Å². The van der Waals surface area contributed by atoms with Crippen LogP contribution in [0.3, 0.4) is 0 Å². The van der Waals surface area contributed by atoms with Crippen molar-refractivity contribution in [1.29, 1.82) is 0 Å². The molecule has 0 bridgehead atoms. The number of imide groups is 1. The highest BCUT2D eigenvalue weighted by atomic mass is 16.2. The summed E-state index contributed by atoms with van der Waals surface area (Å²) in [6.45, 7) is 0. The minimum atomic E-state index is -0.760. The van der Waals surface area contributed by atoms with E-state index in [0.29, 0.717) is 0 Å². The Morgan fingerprint density at radius 3 is 2.38 bits per heavy atom. The van der Waals surface area contributed by atoms with Gasteiger partial charge in [0, 0.05) is 0 Å². The summed E-state index contributed by atoms with van der Waals surface area (Å²) < 4.78 is 0. The highest BCUT2D eigenvalue weighted by Gasteiger charge is 2.26. The number of hydrogen-bond acceptors (Lipinski definition) is 4. The van der Waals surface area contributed by atoms with E-state index in [1.54, 1.807) is 0 Å². The van der Waals surface area contributed by atoms with Crippen LogP contribution in [0.4, 0.5) is 4.79 Å². The number of carbonyl (C=O) groups is 2. The van der Waals surface area contributed by atoms with Crippen molar-refractivity contribution in [2.24, 2.45) is 4.99 Å². The van der Waals surface area contributed by atoms with Gasteiger partial charge in [-0.2, -0.15) is 10.1 Å². The number of aromatic nitrogens is 3. The largest absolute Gasteiger partial charge is 0.348 e. The van der Waals surface area contributed by atoms with Gasteiger partial charge in [0.15, 0.2) is 11.5 Å². The smallest absolute Gasteiger partial charge is 0.287 e. The van der Waals surface area contributed by atoms with Gasteiger partial charge in [0.1, 0.15) is 0 Å². The zero-order valence-corrected chi connectivity index (χ0v) is 6.12. The zero-order valence-electron chi connectivity index (χ0n) is 6.12. The first-order valence-corrected chi connectivity index (χ1v) is 3.26. The lowest BCUT2D eigenvalue weighted by molar-refractivity contribution is -0.113. The molecule has 0 aliphatic carbocycles. The van der Waals surface area contributed by atoms with Gasteiger partial charge in [-0.15, -0.1) is 0 Å². The van der Waals surface area contributed by atoms with E-state index in [2.05, 4.69) is 15.1 Å². The van der Waals surface area contributed by atoms with Crippen LogP contribution in [0.15, 0.2) is 9.79 Å². The van der Waals surface area contributed by atoms with Crippen molar-refractivity contribution in [2.75, 3.05) is 0 Å². The third-order valence-corrected chi connectivity index (χ3v) is 1.37. The SMILES string of the molecule is O=C1N=C(c2n[nH]c(=O)[nH]2)C(=O)N1. The van der Waals surface area contributed by atoms with Gasteiger partial charge in [-0.25, -0.2) is 14.7 Å². The van der Waals surface area contributed by atoms with E-state index >= 15 is 0 Å². The quantitative estimate of drug-likeness (QED) is 0.470. The second-order valence-corrected chi connectivity index (χ2v) is 2.25. The number of amides is 3. The normalized spacial score (nSPS) is 15.8. The second-order valence-electron chi connectivity index (χ2n) is 2.25. The van der Waals surface area contributed by atoms with Crippen LogP contribution >= 0.6 is 0 Å². The molecule has 1 aliphatic heterocycles. The van der Waals surface area contributed by atoms with Crippen molar-refractivity contribution in [1.82, 2.24) is 20.5 Å². The molecule has 0 radical (unpaired) electrons. The minimum absolute atomic E-state index is 0.0478. The first kappa shape index (κ1) is 7.40. The fourth-order valence-corrected chi connectivity index (χ4v) is 0.879. The van der Waals surface area contributed by atoms with Gasteiger partial charge in [-0.3, -0.25) is 15.1 Å². The van der Waals surface area contributed by atoms with Crippen molar-refractivity contribution in [2.45, 2.75) is 0 Å². The summed E-state index contributed by atoms with van der Waals surface area (Å²) >= 11 is 0. The maximum atomic E-state index is 11.0. The summed E-state index contributed by atoms with van der Waals surface area (Å²) in [6.07, 6.45) is 0. The number of aromatic amines is 2. The van der Waals surface area contributed by atoms with Crippen LogP contribution in [0.5, 0.6) is 0 Å². The first-order chi connectivity index (χ1) is 6.16. The van der Waals surface area contributed by atoms with Crippen LogP contribution in [0.2, 0.25) is 0 Å². The summed E-state index contributed by atoms with van der Waals surface area (Å²) in [4.78, 5) is 37.7. The van der Waals surface area contributed by atoms with Crippen LogP contribution in [0.25, 0.3) is 0 Å². The molecule has 3 amide bonds. The number of rotatable bonds is 1. The van der Waals surface area contributed by atoms with Crippen LogP contribution in [-0.4, -0.2) is 32.8 Å². The molecule has 0 aromatic carbocycles. The lowest BCUT2D eigenvalue weighted by Gasteiger charge is -1.87. The predicted molar refractivity (Wildman–Crippen MR) is 39.3 cm³/mol. The average molecular weight is 181 g/mol. The van der Waals surface area contributed by atoms with E-state index in [1.165, 1.54) is 0 Å². The third-order valence-electron chi connectivity index (χ3n) is 1.37. The number of nitrogens with zero attached hydrogens (tertiary/aromatic N) is 2. The Bertz CT molecular complexity index is 467. The van der Waals surface area contributed by atoms with E-state index in [1.807, 2.05) is 10.4 Å². The summed E-state index contributed by atoms with van der Waals surface area (Å²) in [5.41, 5.74) is -0.756. The molecule has 66 valence electrons. The minimum Gasteiger partial charge on any atom is -0.287 e. The second kappa shape index (κ2) is 2.37. The maximum Gasteiger partial charge on any atom is 0.348 e. The van der Waals surface area contributed by atoms with Crippen molar-refractivity contribution in [3.05, 3.63) is 16.3 Å². The molecule has 1 aromatic rings. The lowest BCUT2D eigenvalue weighted by Crippen LogP contribution is -2.26. The highest BCUT2D eigenvalue weighted by Crippen LogP contribution is 1.97. The molecule has 2 rings (SSSR count). The van der Waals surface area contributed by atoms with Gasteiger partial charge in [0.2, 0.25) is 0 Å². The van der Waals surface area contributed by atoms with E-state index in [-0.39, 0.29) is 11.5 Å². The molecular weight excluding hydrogens is 178 g/mol. The van der Waals surface area contributed by atoms with Gasteiger partial charge in [-0.05, 0) is 0 Å². The fourth-order valence-electron chi connectivity index (χ4n) is 0.879. The van der Waals surface area contributed by atoms with Crippen LogP contribution in [0.1, 0.15) is 5.82 Å². The third kappa shape index (κ3) is 1.13. The number of nitrogens with one attached hydrogen (secondary N) is 3. The molecular formula is C5H3N5O3. The summed E-state index contributed by atoms with van der Waals surface area (Å²) in [5, 5.41) is 7.41. The van der Waals surface area contributed by atoms with Crippen LogP contribution < -0.4 is 11.0 Å². The summed E-state index contributed by atoms with van der Waals surface area (Å²) in [6, 6.07) is -0.760. The molecule has 0 saturated heterocycles. The molecule has 8 nitrogen and oxygen atoms in total. The molecule has 2 heterocycles. The summed E-state index contributed by atoms with van der Waals surface area (Å²) in [7, 11) is 0. The topological polar surface area (TPSA) is 120 Å². The number of H-pyrrole nitrogens is 2. The van der Waals surface area contributed by atoms with Gasteiger partial charge < -0.3 is 0 Å². The van der Waals surface area contributed by atoms with Crippen LogP contribution in [-0.2, 0) is 4.79 Å². The van der Waals surface area contributed by atoms with Crippen molar-refractivity contribution in [3.63, 3.8) is 0 Å². The van der Waals surface area contributed by atoms with Crippen molar-refractivity contribution in [3.8, 4) is 0 Å². The van der Waals surface area contributed by atoms with E-state index in [4.69, 9.17) is 0 Å². The Kier molecular flexibility index (Phi) is 1.35. The van der Waals surface area contributed by atoms with Gasteiger partial charge in [0.05, 0.1) is 0 Å². The molecule has 0 fully saturated rings. The highest BCUT2D eigenvalue weighted by molar-refractivity contribution is 6.50. The molecule has 0 saturated carbocycles. The maximum absolute atomic E-state index is 11.0. The molecule has 0 atom stereocenters. The van der Waals surface area contributed by atoms with Crippen molar-refractivity contribution >= 4 is 17.6 Å². The Balaban J connectivity index is 2.48. The molecule has 8 heteroatoms.